The molecule has 3 rings (SSSR count). The molecule has 1 aromatic heterocycles. The molecule has 0 bridgehead atoms. The Labute approximate surface area is 180 Å². The van der Waals surface area contributed by atoms with Crippen LogP contribution in [0.2, 0.25) is 0 Å². The van der Waals surface area contributed by atoms with E-state index in [2.05, 4.69) is 4.90 Å². The molecule has 0 aliphatic carbocycles. The second kappa shape index (κ2) is 9.47. The molecule has 1 saturated heterocycles. The Morgan fingerprint density at radius 2 is 1.77 bits per heavy atom. The van der Waals surface area contributed by atoms with E-state index in [9.17, 15) is 18.8 Å². The van der Waals surface area contributed by atoms with Crippen LogP contribution >= 0.6 is 0 Å². The van der Waals surface area contributed by atoms with E-state index in [1.165, 1.54) is 23.7 Å². The number of nitrogens with two attached hydrogens (primary N) is 1. The first-order valence-electron chi connectivity index (χ1n) is 10.5. The number of carbonyl (C=O) groups excluding carboxylic acids is 1. The monoisotopic (exact) mass is 431 g/mol. The highest BCUT2D eigenvalue weighted by Crippen LogP contribution is 2.17. The Morgan fingerprint density at radius 3 is 2.42 bits per heavy atom. The first-order chi connectivity index (χ1) is 14.7. The van der Waals surface area contributed by atoms with Gasteiger partial charge < -0.3 is 10.6 Å². The zero-order chi connectivity index (χ0) is 22.7. The SMILES string of the molecule is CC(C)Cn1c(N)c(C(=O)CN2CCCN(c3ccc(F)cc3)CC2)c(=O)n(C)c1=O. The summed E-state index contributed by atoms with van der Waals surface area (Å²) >= 11 is 0. The lowest BCUT2D eigenvalue weighted by molar-refractivity contribution is 0.0933. The number of carbonyl (C=O) groups is 1. The predicted molar refractivity (Wildman–Crippen MR) is 119 cm³/mol. The average Bonchev–Trinajstić information content (AvgIpc) is 2.96. The van der Waals surface area contributed by atoms with E-state index in [4.69, 9.17) is 5.73 Å². The average molecular weight is 432 g/mol. The van der Waals surface area contributed by atoms with Crippen molar-refractivity contribution in [2.24, 2.45) is 13.0 Å². The Kier molecular flexibility index (Phi) is 6.94. The van der Waals surface area contributed by atoms with E-state index in [1.54, 1.807) is 12.1 Å². The van der Waals surface area contributed by atoms with Gasteiger partial charge in [-0.15, -0.1) is 0 Å². The van der Waals surface area contributed by atoms with Crippen molar-refractivity contribution < 1.29 is 9.18 Å². The minimum Gasteiger partial charge on any atom is -0.384 e. The molecule has 2 heterocycles. The van der Waals surface area contributed by atoms with Crippen LogP contribution in [0.4, 0.5) is 15.9 Å². The molecule has 31 heavy (non-hydrogen) atoms. The van der Waals surface area contributed by atoms with E-state index in [0.29, 0.717) is 26.2 Å². The Balaban J connectivity index is 1.77. The summed E-state index contributed by atoms with van der Waals surface area (Å²) in [5.41, 5.74) is 5.76. The van der Waals surface area contributed by atoms with Crippen LogP contribution in [-0.4, -0.2) is 52.5 Å². The molecule has 9 heteroatoms. The zero-order valence-electron chi connectivity index (χ0n) is 18.3. The number of anilines is 2. The number of Topliss-reactive ketones (excluding diaryl/α,β-unsaturated/α-hetero) is 1. The van der Waals surface area contributed by atoms with Crippen LogP contribution in [0.25, 0.3) is 0 Å². The van der Waals surface area contributed by atoms with Crippen molar-refractivity contribution in [2.45, 2.75) is 26.8 Å². The van der Waals surface area contributed by atoms with Gasteiger partial charge in [-0.05, 0) is 36.6 Å². The number of nitrogens with zero attached hydrogens (tertiary/aromatic N) is 4. The van der Waals surface area contributed by atoms with Crippen molar-refractivity contribution in [3.63, 3.8) is 0 Å². The molecule has 0 radical (unpaired) electrons. The molecular weight excluding hydrogens is 401 g/mol. The van der Waals surface area contributed by atoms with Crippen LogP contribution < -0.4 is 21.9 Å². The maximum absolute atomic E-state index is 13.2. The van der Waals surface area contributed by atoms with Gasteiger partial charge in [-0.2, -0.15) is 0 Å². The number of rotatable bonds is 6. The van der Waals surface area contributed by atoms with Crippen LogP contribution in [0.3, 0.4) is 0 Å². The van der Waals surface area contributed by atoms with E-state index in [1.807, 2.05) is 18.7 Å². The highest BCUT2D eigenvalue weighted by molar-refractivity contribution is 6.01. The van der Waals surface area contributed by atoms with Gasteiger partial charge in [-0.3, -0.25) is 23.6 Å². The number of nitrogen functional groups attached to an aromatic ring is 1. The van der Waals surface area contributed by atoms with Crippen LogP contribution in [-0.2, 0) is 13.6 Å². The minimum atomic E-state index is -0.657. The Bertz CT molecular complexity index is 1060. The highest BCUT2D eigenvalue weighted by atomic mass is 19.1. The topological polar surface area (TPSA) is 93.6 Å². The van der Waals surface area contributed by atoms with Crippen molar-refractivity contribution in [1.29, 1.82) is 0 Å². The fraction of sp³-hybridized carbons (Fsp3) is 0.500. The Hall–Kier alpha value is -2.94. The van der Waals surface area contributed by atoms with Gasteiger partial charge in [0.05, 0.1) is 6.54 Å². The molecule has 0 saturated carbocycles. The van der Waals surface area contributed by atoms with E-state index < -0.39 is 11.2 Å². The molecule has 1 aromatic carbocycles. The number of hydrogen-bond donors (Lipinski definition) is 1. The zero-order valence-corrected chi connectivity index (χ0v) is 18.3. The van der Waals surface area contributed by atoms with Crippen molar-refractivity contribution in [1.82, 2.24) is 14.0 Å². The maximum Gasteiger partial charge on any atom is 0.332 e. The van der Waals surface area contributed by atoms with Crippen molar-refractivity contribution in [3.05, 3.63) is 56.5 Å². The quantitative estimate of drug-likeness (QED) is 0.694. The fourth-order valence-electron chi connectivity index (χ4n) is 3.91. The standard InChI is InChI=1S/C22H30FN5O3/c1-15(2)13-28-20(24)19(21(30)25(3)22(28)31)18(29)14-26-9-4-10-27(12-11-26)17-7-5-16(23)6-8-17/h5-8,15H,4,9-14,24H2,1-3H3. The molecule has 168 valence electrons. The summed E-state index contributed by atoms with van der Waals surface area (Å²) < 4.78 is 15.4. The molecule has 1 aliphatic rings. The third-order valence-electron chi connectivity index (χ3n) is 5.56. The summed E-state index contributed by atoms with van der Waals surface area (Å²) in [5, 5.41) is 0. The molecule has 1 aliphatic heterocycles. The molecular formula is C22H30FN5O3. The van der Waals surface area contributed by atoms with Gasteiger partial charge >= 0.3 is 5.69 Å². The van der Waals surface area contributed by atoms with E-state index in [0.717, 1.165) is 23.2 Å². The number of halogens is 1. The Morgan fingerprint density at radius 1 is 1.10 bits per heavy atom. The summed E-state index contributed by atoms with van der Waals surface area (Å²) in [6, 6.07) is 6.37. The summed E-state index contributed by atoms with van der Waals surface area (Å²) in [7, 11) is 1.37. The van der Waals surface area contributed by atoms with E-state index in [-0.39, 0.29) is 35.4 Å². The lowest BCUT2D eigenvalue weighted by Crippen LogP contribution is -2.45. The van der Waals surface area contributed by atoms with Crippen molar-refractivity contribution >= 4 is 17.3 Å². The lowest BCUT2D eigenvalue weighted by Gasteiger charge is -2.23. The van der Waals surface area contributed by atoms with Crippen LogP contribution in [0, 0.1) is 11.7 Å². The molecule has 2 N–H and O–H groups in total. The van der Waals surface area contributed by atoms with Gasteiger partial charge in [0.25, 0.3) is 5.56 Å². The molecule has 0 atom stereocenters. The van der Waals surface area contributed by atoms with E-state index >= 15 is 0 Å². The largest absolute Gasteiger partial charge is 0.384 e. The second-order valence-corrected chi connectivity index (χ2v) is 8.43. The molecule has 8 nitrogen and oxygen atoms in total. The molecule has 0 unspecified atom stereocenters. The summed E-state index contributed by atoms with van der Waals surface area (Å²) in [5.74, 6) is -0.590. The first-order valence-corrected chi connectivity index (χ1v) is 10.5. The van der Waals surface area contributed by atoms with Gasteiger partial charge in [0.15, 0.2) is 5.78 Å². The molecule has 0 spiro atoms. The van der Waals surface area contributed by atoms with Crippen LogP contribution in [0.5, 0.6) is 0 Å². The number of hydrogen-bond acceptors (Lipinski definition) is 6. The second-order valence-electron chi connectivity index (χ2n) is 8.43. The molecule has 0 amide bonds. The van der Waals surface area contributed by atoms with Crippen molar-refractivity contribution in [3.8, 4) is 0 Å². The van der Waals surface area contributed by atoms with Gasteiger partial charge in [-0.1, -0.05) is 13.8 Å². The maximum atomic E-state index is 13.2. The normalized spacial score (nSPS) is 15.3. The third kappa shape index (κ3) is 5.04. The van der Waals surface area contributed by atoms with Gasteiger partial charge in [0.2, 0.25) is 0 Å². The first kappa shape index (κ1) is 22.7. The fourth-order valence-corrected chi connectivity index (χ4v) is 3.91. The van der Waals surface area contributed by atoms with Crippen LogP contribution in [0.1, 0.15) is 30.6 Å². The number of benzene rings is 1. The predicted octanol–water partition coefficient (Wildman–Crippen LogP) is 1.32. The van der Waals surface area contributed by atoms with Crippen LogP contribution in [0.15, 0.2) is 33.9 Å². The summed E-state index contributed by atoms with van der Waals surface area (Å²) in [6.45, 7) is 7.03. The highest BCUT2D eigenvalue weighted by Gasteiger charge is 2.24. The lowest BCUT2D eigenvalue weighted by atomic mass is 10.1. The number of aromatic nitrogens is 2. The molecule has 2 aromatic rings. The minimum absolute atomic E-state index is 0.0522. The van der Waals surface area contributed by atoms with Crippen molar-refractivity contribution in [2.75, 3.05) is 43.4 Å². The summed E-state index contributed by atoms with van der Waals surface area (Å²) in [6.07, 6.45) is 0.824. The smallest absolute Gasteiger partial charge is 0.332 e. The third-order valence-corrected chi connectivity index (χ3v) is 5.56. The van der Waals surface area contributed by atoms with Gasteiger partial charge in [0.1, 0.15) is 17.2 Å². The summed E-state index contributed by atoms with van der Waals surface area (Å²) in [4.78, 5) is 42.3. The number of ketones is 1. The molecule has 1 fully saturated rings. The van der Waals surface area contributed by atoms with Gasteiger partial charge in [0, 0.05) is 45.5 Å². The van der Waals surface area contributed by atoms with Gasteiger partial charge in [-0.25, -0.2) is 9.18 Å².